The van der Waals surface area contributed by atoms with E-state index in [1.54, 1.807) is 18.2 Å². The zero-order valence-corrected chi connectivity index (χ0v) is 16.6. The molecule has 4 rings (SSSR count). The Hall–Kier alpha value is -2.25. The molecular formula is C20H19ClN2O4S. The number of benzene rings is 2. The van der Waals surface area contributed by atoms with Gasteiger partial charge in [-0.25, -0.2) is 4.79 Å². The fourth-order valence-corrected chi connectivity index (χ4v) is 6.29. The molecule has 1 saturated carbocycles. The van der Waals surface area contributed by atoms with E-state index < -0.39 is 16.9 Å². The number of aryl methyl sites for hydroxylation is 1. The van der Waals surface area contributed by atoms with Gasteiger partial charge < -0.3 is 10.4 Å². The van der Waals surface area contributed by atoms with Crippen molar-refractivity contribution in [2.75, 3.05) is 5.32 Å². The number of para-hydroxylation sites is 1. The molecule has 1 fully saturated rings. The zero-order valence-electron chi connectivity index (χ0n) is 15.0. The number of halogens is 1. The highest BCUT2D eigenvalue weighted by Crippen LogP contribution is 2.55. The van der Waals surface area contributed by atoms with E-state index in [9.17, 15) is 20.0 Å². The molecule has 0 aromatic heterocycles. The maximum atomic E-state index is 11.9. The average Bonchev–Trinajstić information content (AvgIpc) is 2.98. The van der Waals surface area contributed by atoms with E-state index in [1.165, 1.54) is 17.8 Å². The first-order valence-electron chi connectivity index (χ1n) is 9.01. The number of fused-ring (bicyclic) bond motifs is 3. The number of carbonyl (C=O) groups is 1. The lowest BCUT2D eigenvalue weighted by Crippen LogP contribution is -2.42. The molecule has 0 saturated heterocycles. The molecule has 1 aliphatic carbocycles. The first kappa shape index (κ1) is 19.1. The SMILES string of the molecule is Cc1ccc2c(c1)[C@@H]1[C@H](Cl)[C@H](Sc3ccccc3[N+](=O)[O-])C[C@@H]1[C@H](C(=O)O)N2. The molecule has 6 nitrogen and oxygen atoms in total. The van der Waals surface area contributed by atoms with Crippen molar-refractivity contribution in [3.8, 4) is 0 Å². The van der Waals surface area contributed by atoms with Gasteiger partial charge in [-0.05, 0) is 37.0 Å². The Labute approximate surface area is 171 Å². The Morgan fingerprint density at radius 1 is 1.32 bits per heavy atom. The van der Waals surface area contributed by atoms with Gasteiger partial charge in [-0.2, -0.15) is 0 Å². The lowest BCUT2D eigenvalue weighted by atomic mass is 9.79. The second kappa shape index (κ2) is 7.29. The molecule has 1 heterocycles. The van der Waals surface area contributed by atoms with Crippen LogP contribution < -0.4 is 5.32 Å². The van der Waals surface area contributed by atoms with E-state index in [-0.39, 0.29) is 28.2 Å². The maximum absolute atomic E-state index is 11.9. The summed E-state index contributed by atoms with van der Waals surface area (Å²) in [7, 11) is 0. The second-order valence-electron chi connectivity index (χ2n) is 7.30. The van der Waals surface area contributed by atoms with Gasteiger partial charge in [0.05, 0.1) is 15.2 Å². The molecule has 0 radical (unpaired) electrons. The summed E-state index contributed by atoms with van der Waals surface area (Å²) in [4.78, 5) is 23.4. The summed E-state index contributed by atoms with van der Waals surface area (Å²) >= 11 is 8.25. The fraction of sp³-hybridized carbons (Fsp3) is 0.350. The number of hydrogen-bond acceptors (Lipinski definition) is 5. The number of aliphatic carboxylic acids is 1. The summed E-state index contributed by atoms with van der Waals surface area (Å²) in [5.74, 6) is -1.19. The van der Waals surface area contributed by atoms with Gasteiger partial charge in [0.25, 0.3) is 5.69 Å². The van der Waals surface area contributed by atoms with Crippen LogP contribution in [0.4, 0.5) is 11.4 Å². The average molecular weight is 419 g/mol. The van der Waals surface area contributed by atoms with Crippen LogP contribution in [-0.4, -0.2) is 32.7 Å². The highest BCUT2D eigenvalue weighted by molar-refractivity contribution is 8.00. The molecule has 0 amide bonds. The third-order valence-corrected chi connectivity index (χ3v) is 7.69. The Balaban J connectivity index is 1.70. The minimum atomic E-state index is -0.901. The quantitative estimate of drug-likeness (QED) is 0.426. The Morgan fingerprint density at radius 3 is 2.79 bits per heavy atom. The van der Waals surface area contributed by atoms with E-state index in [0.29, 0.717) is 11.3 Å². The third-order valence-electron chi connectivity index (χ3n) is 5.58. The van der Waals surface area contributed by atoms with E-state index in [2.05, 4.69) is 11.4 Å². The van der Waals surface area contributed by atoms with Crippen molar-refractivity contribution in [3.63, 3.8) is 0 Å². The smallest absolute Gasteiger partial charge is 0.326 e. The molecule has 28 heavy (non-hydrogen) atoms. The number of carboxylic acids is 1. The number of hydrogen-bond donors (Lipinski definition) is 2. The first-order chi connectivity index (χ1) is 13.4. The van der Waals surface area contributed by atoms with E-state index in [0.717, 1.165) is 16.8 Å². The molecule has 0 bridgehead atoms. The Morgan fingerprint density at radius 2 is 2.07 bits per heavy atom. The molecule has 2 aromatic carbocycles. The molecule has 8 heteroatoms. The van der Waals surface area contributed by atoms with Crippen LogP contribution >= 0.6 is 23.4 Å². The molecule has 0 unspecified atom stereocenters. The summed E-state index contributed by atoms with van der Waals surface area (Å²) in [5.41, 5.74) is 2.98. The summed E-state index contributed by atoms with van der Waals surface area (Å²) in [6.45, 7) is 2.00. The van der Waals surface area contributed by atoms with Gasteiger partial charge in [-0.3, -0.25) is 10.1 Å². The minimum Gasteiger partial charge on any atom is -0.480 e. The van der Waals surface area contributed by atoms with Crippen molar-refractivity contribution >= 4 is 40.7 Å². The second-order valence-corrected chi connectivity index (χ2v) is 9.09. The predicted molar refractivity (Wildman–Crippen MR) is 109 cm³/mol. The van der Waals surface area contributed by atoms with Crippen LogP contribution in [0.3, 0.4) is 0 Å². The summed E-state index contributed by atoms with van der Waals surface area (Å²) in [6.07, 6.45) is 0.576. The molecule has 1 aliphatic heterocycles. The van der Waals surface area contributed by atoms with E-state index in [1.807, 2.05) is 19.1 Å². The van der Waals surface area contributed by atoms with Crippen molar-refractivity contribution in [2.24, 2.45) is 5.92 Å². The molecule has 2 N–H and O–H groups in total. The molecule has 2 aliphatic rings. The zero-order chi connectivity index (χ0) is 20.0. The number of nitro benzene ring substituents is 1. The van der Waals surface area contributed by atoms with Gasteiger partial charge in [-0.15, -0.1) is 23.4 Å². The van der Waals surface area contributed by atoms with Crippen molar-refractivity contribution in [1.29, 1.82) is 0 Å². The predicted octanol–water partition coefficient (Wildman–Crippen LogP) is 4.65. The summed E-state index contributed by atoms with van der Waals surface area (Å²) < 4.78 is 0. The molecule has 5 atom stereocenters. The number of carboxylic acid groups (broad SMARTS) is 1. The van der Waals surface area contributed by atoms with Crippen molar-refractivity contribution in [3.05, 3.63) is 63.7 Å². The standard InChI is InChI=1S/C20H19ClN2O4S/c1-10-6-7-13-11(8-10)17-12(19(22-13)20(24)25)9-16(18(17)21)28-15-5-3-2-4-14(15)23(26)27/h2-8,12,16-19,22H,9H2,1H3,(H,24,25)/t12-,16+,17-,18+,19+/m0/s1. The molecule has 146 valence electrons. The Kier molecular flexibility index (Phi) is 4.97. The number of alkyl halides is 1. The monoisotopic (exact) mass is 418 g/mol. The van der Waals surface area contributed by atoms with Crippen LogP contribution in [0.15, 0.2) is 47.4 Å². The van der Waals surface area contributed by atoms with Gasteiger partial charge in [0.2, 0.25) is 0 Å². The van der Waals surface area contributed by atoms with Crippen LogP contribution in [0.5, 0.6) is 0 Å². The summed E-state index contributed by atoms with van der Waals surface area (Å²) in [5, 5.41) is 23.8. The number of nitrogens with zero attached hydrogens (tertiary/aromatic N) is 1. The van der Waals surface area contributed by atoms with Gasteiger partial charge >= 0.3 is 5.97 Å². The third kappa shape index (κ3) is 3.22. The van der Waals surface area contributed by atoms with E-state index >= 15 is 0 Å². The van der Waals surface area contributed by atoms with Crippen molar-refractivity contribution in [2.45, 2.75) is 40.8 Å². The van der Waals surface area contributed by atoms with Crippen LogP contribution in [-0.2, 0) is 4.79 Å². The fourth-order valence-electron chi connectivity index (χ4n) is 4.35. The van der Waals surface area contributed by atoms with Crippen LogP contribution in [0.2, 0.25) is 0 Å². The normalized spacial score (nSPS) is 28.1. The maximum Gasteiger partial charge on any atom is 0.326 e. The van der Waals surface area contributed by atoms with Gasteiger partial charge in [0.1, 0.15) is 6.04 Å². The van der Waals surface area contributed by atoms with Gasteiger partial charge in [0, 0.05) is 22.9 Å². The van der Waals surface area contributed by atoms with Crippen molar-refractivity contribution in [1.82, 2.24) is 0 Å². The van der Waals surface area contributed by atoms with Crippen LogP contribution in [0.1, 0.15) is 23.5 Å². The van der Waals surface area contributed by atoms with Crippen molar-refractivity contribution < 1.29 is 14.8 Å². The van der Waals surface area contributed by atoms with Gasteiger partial charge in [0.15, 0.2) is 0 Å². The molecule has 2 aromatic rings. The van der Waals surface area contributed by atoms with Crippen LogP contribution in [0.25, 0.3) is 0 Å². The minimum absolute atomic E-state index is 0.0513. The first-order valence-corrected chi connectivity index (χ1v) is 10.3. The highest BCUT2D eigenvalue weighted by atomic mass is 35.5. The number of nitrogens with one attached hydrogen (secondary N) is 1. The molecule has 0 spiro atoms. The van der Waals surface area contributed by atoms with Gasteiger partial charge in [-0.1, -0.05) is 29.8 Å². The van der Waals surface area contributed by atoms with Crippen LogP contribution in [0, 0.1) is 23.0 Å². The Bertz CT molecular complexity index is 954. The number of rotatable bonds is 4. The lowest BCUT2D eigenvalue weighted by molar-refractivity contribution is -0.387. The topological polar surface area (TPSA) is 92.5 Å². The number of anilines is 1. The highest BCUT2D eigenvalue weighted by Gasteiger charge is 2.52. The van der Waals surface area contributed by atoms with E-state index in [4.69, 9.17) is 11.6 Å². The summed E-state index contributed by atoms with van der Waals surface area (Å²) in [6, 6.07) is 11.8. The largest absolute Gasteiger partial charge is 0.480 e. The molecular weight excluding hydrogens is 400 g/mol. The number of thioether (sulfide) groups is 1. The number of nitro groups is 1. The lowest BCUT2D eigenvalue weighted by Gasteiger charge is -2.36.